The fourth-order valence-corrected chi connectivity index (χ4v) is 5.39. The summed E-state index contributed by atoms with van der Waals surface area (Å²) >= 11 is 1.49. The van der Waals surface area contributed by atoms with Gasteiger partial charge in [0.2, 0.25) is 5.91 Å². The van der Waals surface area contributed by atoms with E-state index < -0.39 is 12.0 Å². The van der Waals surface area contributed by atoms with Crippen LogP contribution in [0.5, 0.6) is 0 Å². The zero-order valence-corrected chi connectivity index (χ0v) is 20.8. The fourth-order valence-electron chi connectivity index (χ4n) is 4.43. The Hall–Kier alpha value is -3.32. The number of aryl methyl sites for hydroxylation is 1. The minimum Gasteiger partial charge on any atom is -0.457 e. The Bertz CT molecular complexity index is 1230. The standard InChI is InChI=1S/C28H29N3O3S/c1-18-8-6-7-11-23(18)26-25(27(33)34-16-21-9-4-3-5-10-21)19(2)30-28-31(26)22(17-35-28)14-24(32)29-15-20-12-13-20/h3-11,17,20,26H,12-16H2,1-2H3,(H,29,32). The van der Waals surface area contributed by atoms with Crippen molar-refractivity contribution in [3.8, 4) is 0 Å². The van der Waals surface area contributed by atoms with Crippen molar-refractivity contribution >= 4 is 28.8 Å². The Morgan fingerprint density at radius 2 is 1.83 bits per heavy atom. The van der Waals surface area contributed by atoms with Gasteiger partial charge in [0.15, 0.2) is 5.17 Å². The van der Waals surface area contributed by atoms with Crippen LogP contribution in [0.3, 0.4) is 0 Å². The average Bonchev–Trinajstić information content (AvgIpc) is 3.62. The lowest BCUT2D eigenvalue weighted by Crippen LogP contribution is -2.38. The van der Waals surface area contributed by atoms with Gasteiger partial charge in [-0.05, 0) is 54.7 Å². The summed E-state index contributed by atoms with van der Waals surface area (Å²) in [5.41, 5.74) is 4.98. The number of amidine groups is 1. The maximum Gasteiger partial charge on any atom is 0.338 e. The van der Waals surface area contributed by atoms with Crippen LogP contribution in [0.1, 0.15) is 48.9 Å². The number of hydrogen-bond acceptors (Lipinski definition) is 6. The maximum absolute atomic E-state index is 13.5. The predicted octanol–water partition coefficient (Wildman–Crippen LogP) is 5.23. The van der Waals surface area contributed by atoms with E-state index in [9.17, 15) is 9.59 Å². The second-order valence-electron chi connectivity index (χ2n) is 9.24. The fraction of sp³-hybridized carbons (Fsp3) is 0.321. The number of nitrogens with one attached hydrogen (secondary N) is 1. The summed E-state index contributed by atoms with van der Waals surface area (Å²) < 4.78 is 5.77. The second-order valence-corrected chi connectivity index (χ2v) is 10.1. The first-order valence-corrected chi connectivity index (χ1v) is 12.9. The number of benzene rings is 2. The van der Waals surface area contributed by atoms with E-state index in [1.165, 1.54) is 24.6 Å². The van der Waals surface area contributed by atoms with E-state index >= 15 is 0 Å². The number of rotatable bonds is 8. The molecule has 3 aliphatic rings. The van der Waals surface area contributed by atoms with Crippen molar-refractivity contribution in [3.63, 3.8) is 0 Å². The Labute approximate surface area is 210 Å². The smallest absolute Gasteiger partial charge is 0.338 e. The van der Waals surface area contributed by atoms with Crippen LogP contribution in [-0.4, -0.2) is 28.5 Å². The molecule has 1 atom stereocenters. The van der Waals surface area contributed by atoms with E-state index in [1.807, 2.05) is 78.8 Å². The molecule has 6 nitrogen and oxygen atoms in total. The molecule has 0 bridgehead atoms. The summed E-state index contributed by atoms with van der Waals surface area (Å²) in [5, 5.41) is 5.81. The molecule has 0 radical (unpaired) electrons. The van der Waals surface area contributed by atoms with E-state index in [1.54, 1.807) is 0 Å². The van der Waals surface area contributed by atoms with Gasteiger partial charge in [0.25, 0.3) is 0 Å². The lowest BCUT2D eigenvalue weighted by molar-refractivity contribution is -0.141. The molecular formula is C28H29N3O3S. The molecule has 1 amide bonds. The topological polar surface area (TPSA) is 71.0 Å². The van der Waals surface area contributed by atoms with E-state index in [2.05, 4.69) is 5.32 Å². The maximum atomic E-state index is 13.5. The first kappa shape index (κ1) is 23.4. The van der Waals surface area contributed by atoms with Gasteiger partial charge in [-0.3, -0.25) is 4.79 Å². The third-order valence-electron chi connectivity index (χ3n) is 6.54. The van der Waals surface area contributed by atoms with Crippen molar-refractivity contribution in [1.29, 1.82) is 0 Å². The highest BCUT2D eigenvalue weighted by atomic mass is 32.2. The molecule has 0 saturated heterocycles. The van der Waals surface area contributed by atoms with Crippen LogP contribution in [0.4, 0.5) is 0 Å². The molecule has 2 aromatic rings. The third-order valence-corrected chi connectivity index (χ3v) is 7.43. The van der Waals surface area contributed by atoms with Crippen molar-refractivity contribution in [2.24, 2.45) is 10.9 Å². The molecule has 1 fully saturated rings. The normalized spacial score (nSPS) is 19.1. The molecular weight excluding hydrogens is 458 g/mol. The monoisotopic (exact) mass is 487 g/mol. The Morgan fingerprint density at radius 3 is 2.57 bits per heavy atom. The molecule has 35 heavy (non-hydrogen) atoms. The van der Waals surface area contributed by atoms with Gasteiger partial charge in [-0.25, -0.2) is 9.79 Å². The number of esters is 1. The van der Waals surface area contributed by atoms with Crippen molar-refractivity contribution in [2.75, 3.05) is 6.54 Å². The molecule has 180 valence electrons. The number of amides is 1. The van der Waals surface area contributed by atoms with Crippen molar-refractivity contribution in [3.05, 3.63) is 93.7 Å². The van der Waals surface area contributed by atoms with Gasteiger partial charge in [0.05, 0.1) is 23.7 Å². The number of carbonyl (C=O) groups excluding carboxylic acids is 2. The summed E-state index contributed by atoms with van der Waals surface area (Å²) in [6, 6.07) is 17.3. The van der Waals surface area contributed by atoms with Crippen LogP contribution in [0.15, 0.2) is 82.0 Å². The SMILES string of the molecule is CC1=C(C(=O)OCc2ccccc2)C(c2ccccc2C)N2C(CC(=O)NCC3CC3)=CSC2=N1. The molecule has 2 aliphatic heterocycles. The zero-order valence-electron chi connectivity index (χ0n) is 20.0. The first-order valence-electron chi connectivity index (χ1n) is 12.0. The molecule has 5 rings (SSSR count). The highest BCUT2D eigenvalue weighted by Gasteiger charge is 2.41. The highest BCUT2D eigenvalue weighted by molar-refractivity contribution is 8.16. The lowest BCUT2D eigenvalue weighted by Gasteiger charge is -2.37. The minimum absolute atomic E-state index is 0.00647. The number of aliphatic imine (C=N–C) groups is 1. The molecule has 7 heteroatoms. The molecule has 1 unspecified atom stereocenters. The quantitative estimate of drug-likeness (QED) is 0.517. The van der Waals surface area contributed by atoms with Crippen molar-refractivity contribution < 1.29 is 14.3 Å². The summed E-state index contributed by atoms with van der Waals surface area (Å²) in [4.78, 5) is 33.0. The largest absolute Gasteiger partial charge is 0.457 e. The summed E-state index contributed by atoms with van der Waals surface area (Å²) in [5.74, 6) is 0.221. The first-order chi connectivity index (χ1) is 17.0. The van der Waals surface area contributed by atoms with Gasteiger partial charge in [-0.15, -0.1) is 0 Å². The number of thioether (sulfide) groups is 1. The number of nitrogens with zero attached hydrogens (tertiary/aromatic N) is 2. The van der Waals surface area contributed by atoms with Gasteiger partial charge in [-0.2, -0.15) is 0 Å². The average molecular weight is 488 g/mol. The molecule has 2 aromatic carbocycles. The molecule has 0 aromatic heterocycles. The molecule has 2 heterocycles. The van der Waals surface area contributed by atoms with Crippen LogP contribution >= 0.6 is 11.8 Å². The Kier molecular flexibility index (Phi) is 6.77. The van der Waals surface area contributed by atoms with Crippen LogP contribution in [-0.2, 0) is 20.9 Å². The van der Waals surface area contributed by atoms with Crippen LogP contribution < -0.4 is 5.32 Å². The minimum atomic E-state index is -0.413. The number of allylic oxidation sites excluding steroid dienone is 1. The molecule has 1 saturated carbocycles. The molecule has 0 spiro atoms. The van der Waals surface area contributed by atoms with Gasteiger partial charge in [0.1, 0.15) is 6.61 Å². The van der Waals surface area contributed by atoms with Crippen molar-refractivity contribution in [1.82, 2.24) is 10.2 Å². The van der Waals surface area contributed by atoms with E-state index in [4.69, 9.17) is 9.73 Å². The predicted molar refractivity (Wildman–Crippen MR) is 138 cm³/mol. The second kappa shape index (κ2) is 10.1. The van der Waals surface area contributed by atoms with Crippen LogP contribution in [0.2, 0.25) is 0 Å². The Balaban J connectivity index is 1.44. The lowest BCUT2D eigenvalue weighted by atomic mass is 9.91. The molecule has 1 aliphatic carbocycles. The zero-order chi connectivity index (χ0) is 24.4. The van der Waals surface area contributed by atoms with Crippen molar-refractivity contribution in [2.45, 2.75) is 45.8 Å². The summed E-state index contributed by atoms with van der Waals surface area (Å²) in [6.45, 7) is 4.82. The van der Waals surface area contributed by atoms with Gasteiger partial charge in [-0.1, -0.05) is 66.4 Å². The Morgan fingerprint density at radius 1 is 1.09 bits per heavy atom. The van der Waals surface area contributed by atoms with Gasteiger partial charge in [0, 0.05) is 12.2 Å². The summed E-state index contributed by atoms with van der Waals surface area (Å²) in [7, 11) is 0. The molecule has 1 N–H and O–H groups in total. The highest BCUT2D eigenvalue weighted by Crippen LogP contribution is 2.45. The van der Waals surface area contributed by atoms with Crippen LogP contribution in [0, 0.1) is 12.8 Å². The van der Waals surface area contributed by atoms with Gasteiger partial charge < -0.3 is 15.0 Å². The van der Waals surface area contributed by atoms with E-state index in [0.717, 1.165) is 34.1 Å². The number of hydrogen-bond donors (Lipinski definition) is 1. The number of fused-ring (bicyclic) bond motifs is 1. The van der Waals surface area contributed by atoms with Crippen LogP contribution in [0.25, 0.3) is 0 Å². The number of carbonyl (C=O) groups is 2. The number of ether oxygens (including phenoxy) is 1. The van der Waals surface area contributed by atoms with E-state index in [-0.39, 0.29) is 18.9 Å². The summed E-state index contributed by atoms with van der Waals surface area (Å²) in [6.07, 6.45) is 2.62. The van der Waals surface area contributed by atoms with Gasteiger partial charge >= 0.3 is 5.97 Å². The third kappa shape index (κ3) is 5.20. The van der Waals surface area contributed by atoms with E-state index in [0.29, 0.717) is 17.2 Å².